The summed E-state index contributed by atoms with van der Waals surface area (Å²) in [6.45, 7) is 10.6. The first kappa shape index (κ1) is 19.5. The first-order valence-electron chi connectivity index (χ1n) is 8.90. The van der Waals surface area contributed by atoms with Crippen LogP contribution in [0.2, 0.25) is 0 Å². The second-order valence-corrected chi connectivity index (χ2v) is 6.54. The predicted molar refractivity (Wildman–Crippen MR) is 99.5 cm³/mol. The fraction of sp³-hybridized carbons (Fsp3) is 0.632. The molecule has 0 aliphatic carbocycles. The molecule has 1 rings (SSSR count). The highest BCUT2D eigenvalue weighted by Crippen LogP contribution is 2.17. The molecule has 1 aromatic carbocycles. The molecule has 0 saturated carbocycles. The van der Waals surface area contributed by atoms with Gasteiger partial charge in [-0.2, -0.15) is 0 Å². The molecule has 4 nitrogen and oxygen atoms in total. The van der Waals surface area contributed by atoms with Gasteiger partial charge in [-0.15, -0.1) is 0 Å². The van der Waals surface area contributed by atoms with Crippen molar-refractivity contribution in [3.63, 3.8) is 0 Å². The van der Waals surface area contributed by atoms with Crippen molar-refractivity contribution >= 4 is 17.3 Å². The number of carbonyl (C=O) groups excluding carboxylic acids is 1. The Morgan fingerprint density at radius 1 is 1.09 bits per heavy atom. The van der Waals surface area contributed by atoms with Gasteiger partial charge in [-0.25, -0.2) is 0 Å². The summed E-state index contributed by atoms with van der Waals surface area (Å²) in [6, 6.07) is 7.24. The number of anilines is 2. The van der Waals surface area contributed by atoms with Crippen LogP contribution in [0.4, 0.5) is 11.4 Å². The first-order valence-corrected chi connectivity index (χ1v) is 8.90. The zero-order chi connectivity index (χ0) is 17.2. The van der Waals surface area contributed by atoms with Gasteiger partial charge in [-0.1, -0.05) is 40.5 Å². The molecule has 0 saturated heterocycles. The van der Waals surface area contributed by atoms with E-state index in [0.29, 0.717) is 5.69 Å². The first-order chi connectivity index (χ1) is 11.0. The molecule has 0 fully saturated rings. The molecule has 1 aromatic rings. The van der Waals surface area contributed by atoms with E-state index in [4.69, 9.17) is 5.73 Å². The molecular formula is C19H33N3O. The summed E-state index contributed by atoms with van der Waals surface area (Å²) in [5, 5.41) is 3.05. The highest BCUT2D eigenvalue weighted by atomic mass is 16.2. The number of nitrogens with one attached hydrogen (secondary N) is 1. The molecule has 23 heavy (non-hydrogen) atoms. The Hall–Kier alpha value is -1.55. The predicted octanol–water partition coefficient (Wildman–Crippen LogP) is 4.13. The third kappa shape index (κ3) is 6.61. The van der Waals surface area contributed by atoms with E-state index in [2.05, 4.69) is 37.9 Å². The van der Waals surface area contributed by atoms with Crippen LogP contribution in [-0.4, -0.2) is 29.9 Å². The monoisotopic (exact) mass is 319 g/mol. The van der Waals surface area contributed by atoms with E-state index in [1.54, 1.807) is 0 Å². The summed E-state index contributed by atoms with van der Waals surface area (Å²) in [5.74, 6) is 0.356. The SMILES string of the molecule is CCCCN(CCCC)C(C(=O)Nc1ccc(N)cc1)C(C)C. The molecule has 130 valence electrons. The van der Waals surface area contributed by atoms with Crippen LogP contribution in [0.3, 0.4) is 0 Å². The lowest BCUT2D eigenvalue weighted by atomic mass is 10.00. The van der Waals surface area contributed by atoms with E-state index in [1.807, 2.05) is 24.3 Å². The number of hydrogen-bond acceptors (Lipinski definition) is 3. The Labute approximate surface area is 141 Å². The number of carbonyl (C=O) groups is 1. The molecule has 0 radical (unpaired) electrons. The lowest BCUT2D eigenvalue weighted by Crippen LogP contribution is -2.48. The molecular weight excluding hydrogens is 286 g/mol. The Bertz CT molecular complexity index is 448. The largest absolute Gasteiger partial charge is 0.399 e. The fourth-order valence-corrected chi connectivity index (χ4v) is 2.79. The van der Waals surface area contributed by atoms with Gasteiger partial charge in [0.2, 0.25) is 5.91 Å². The summed E-state index contributed by atoms with van der Waals surface area (Å²) in [5.41, 5.74) is 7.21. The summed E-state index contributed by atoms with van der Waals surface area (Å²) in [6.07, 6.45) is 4.55. The topological polar surface area (TPSA) is 58.4 Å². The van der Waals surface area contributed by atoms with E-state index in [1.165, 1.54) is 0 Å². The number of benzene rings is 1. The van der Waals surface area contributed by atoms with E-state index in [-0.39, 0.29) is 17.9 Å². The van der Waals surface area contributed by atoms with Crippen molar-refractivity contribution in [3.8, 4) is 0 Å². The molecule has 0 aliphatic heterocycles. The van der Waals surface area contributed by atoms with Gasteiger partial charge in [0.1, 0.15) is 0 Å². The van der Waals surface area contributed by atoms with Crippen molar-refractivity contribution < 1.29 is 4.79 Å². The Morgan fingerprint density at radius 3 is 2.04 bits per heavy atom. The van der Waals surface area contributed by atoms with Crippen LogP contribution < -0.4 is 11.1 Å². The maximum Gasteiger partial charge on any atom is 0.241 e. The summed E-state index contributed by atoms with van der Waals surface area (Å²) in [4.78, 5) is 15.2. The molecule has 1 unspecified atom stereocenters. The molecule has 0 spiro atoms. The molecule has 0 bridgehead atoms. The van der Waals surface area contributed by atoms with Gasteiger partial charge in [-0.05, 0) is 56.1 Å². The van der Waals surface area contributed by atoms with Gasteiger partial charge in [-0.3, -0.25) is 9.69 Å². The van der Waals surface area contributed by atoms with Crippen LogP contribution in [-0.2, 0) is 4.79 Å². The van der Waals surface area contributed by atoms with Gasteiger partial charge in [0.05, 0.1) is 6.04 Å². The number of unbranched alkanes of at least 4 members (excludes halogenated alkanes) is 2. The van der Waals surface area contributed by atoms with Crippen LogP contribution in [0.15, 0.2) is 24.3 Å². The van der Waals surface area contributed by atoms with Gasteiger partial charge in [0.25, 0.3) is 0 Å². The normalized spacial score (nSPS) is 12.6. The van der Waals surface area contributed by atoms with Gasteiger partial charge >= 0.3 is 0 Å². The lowest BCUT2D eigenvalue weighted by molar-refractivity contribution is -0.122. The van der Waals surface area contributed by atoms with Crippen LogP contribution in [0.25, 0.3) is 0 Å². The number of nitrogens with two attached hydrogens (primary N) is 1. The summed E-state index contributed by atoms with van der Waals surface area (Å²) < 4.78 is 0. The summed E-state index contributed by atoms with van der Waals surface area (Å²) in [7, 11) is 0. The van der Waals surface area contributed by atoms with Crippen LogP contribution in [0, 0.1) is 5.92 Å². The van der Waals surface area contributed by atoms with E-state index >= 15 is 0 Å². The van der Waals surface area contributed by atoms with Crippen molar-refractivity contribution in [3.05, 3.63) is 24.3 Å². The third-order valence-corrected chi connectivity index (χ3v) is 4.07. The zero-order valence-electron chi connectivity index (χ0n) is 15.1. The number of rotatable bonds is 10. The minimum atomic E-state index is -0.0920. The second-order valence-electron chi connectivity index (χ2n) is 6.54. The molecule has 0 aliphatic rings. The van der Waals surface area contributed by atoms with Crippen LogP contribution in [0.1, 0.15) is 53.4 Å². The number of amides is 1. The third-order valence-electron chi connectivity index (χ3n) is 4.07. The van der Waals surface area contributed by atoms with Gasteiger partial charge in [0, 0.05) is 11.4 Å². The maximum absolute atomic E-state index is 12.8. The average Bonchev–Trinajstić information content (AvgIpc) is 2.51. The highest BCUT2D eigenvalue weighted by Gasteiger charge is 2.28. The standard InChI is InChI=1S/C19H33N3O/c1-5-7-13-22(14-8-6-2)18(15(3)4)19(23)21-17-11-9-16(20)10-12-17/h9-12,15,18H,5-8,13-14,20H2,1-4H3,(H,21,23). The molecule has 0 heterocycles. The lowest BCUT2D eigenvalue weighted by Gasteiger charge is -2.33. The second kappa shape index (κ2) is 10.3. The van der Waals surface area contributed by atoms with Crippen molar-refractivity contribution in [1.82, 2.24) is 4.90 Å². The smallest absolute Gasteiger partial charge is 0.241 e. The Kier molecular flexibility index (Phi) is 8.70. The van der Waals surface area contributed by atoms with Crippen LogP contribution in [0.5, 0.6) is 0 Å². The average molecular weight is 319 g/mol. The molecule has 0 aromatic heterocycles. The number of hydrogen-bond donors (Lipinski definition) is 2. The minimum Gasteiger partial charge on any atom is -0.399 e. The highest BCUT2D eigenvalue weighted by molar-refractivity contribution is 5.95. The van der Waals surface area contributed by atoms with E-state index in [9.17, 15) is 4.79 Å². The van der Waals surface area contributed by atoms with Crippen molar-refractivity contribution in [2.45, 2.75) is 59.4 Å². The van der Waals surface area contributed by atoms with E-state index in [0.717, 1.165) is 44.5 Å². The van der Waals surface area contributed by atoms with Crippen molar-refractivity contribution in [2.75, 3.05) is 24.1 Å². The maximum atomic E-state index is 12.8. The molecule has 1 amide bonds. The molecule has 4 heteroatoms. The zero-order valence-corrected chi connectivity index (χ0v) is 15.1. The number of nitrogens with zero attached hydrogens (tertiary/aromatic N) is 1. The molecule has 1 atom stereocenters. The fourth-order valence-electron chi connectivity index (χ4n) is 2.79. The Morgan fingerprint density at radius 2 is 1.61 bits per heavy atom. The minimum absolute atomic E-state index is 0.0805. The molecule has 3 N–H and O–H groups in total. The quantitative estimate of drug-likeness (QED) is 0.637. The van der Waals surface area contributed by atoms with Gasteiger partial charge in [0.15, 0.2) is 0 Å². The van der Waals surface area contributed by atoms with Crippen molar-refractivity contribution in [2.24, 2.45) is 5.92 Å². The van der Waals surface area contributed by atoms with E-state index < -0.39 is 0 Å². The summed E-state index contributed by atoms with van der Waals surface area (Å²) >= 11 is 0. The number of nitrogen functional groups attached to an aromatic ring is 1. The van der Waals surface area contributed by atoms with Crippen molar-refractivity contribution in [1.29, 1.82) is 0 Å². The van der Waals surface area contributed by atoms with Crippen LogP contribution >= 0.6 is 0 Å². The Balaban J connectivity index is 2.82. The van der Waals surface area contributed by atoms with Gasteiger partial charge < -0.3 is 11.1 Å².